The van der Waals surface area contributed by atoms with Crippen LogP contribution in [0.15, 0.2) is 91.0 Å². The highest BCUT2D eigenvalue weighted by Gasteiger charge is 2.52. The van der Waals surface area contributed by atoms with Crippen molar-refractivity contribution in [1.82, 2.24) is 4.90 Å². The van der Waals surface area contributed by atoms with Crippen LogP contribution in [0.25, 0.3) is 0 Å². The Balaban J connectivity index is 1.43. The second-order valence-corrected chi connectivity index (χ2v) is 19.1. The minimum atomic E-state index is -2.85. The maximum absolute atomic E-state index is 13.4. The molecule has 48 heavy (non-hydrogen) atoms. The summed E-state index contributed by atoms with van der Waals surface area (Å²) in [4.78, 5) is 15.2. The van der Waals surface area contributed by atoms with E-state index in [1.54, 1.807) is 0 Å². The van der Waals surface area contributed by atoms with Crippen LogP contribution in [0.2, 0.25) is 5.04 Å². The number of carbonyl (C=O) groups excluding carboxylic acids is 1. The van der Waals surface area contributed by atoms with Crippen LogP contribution in [-0.2, 0) is 15.7 Å². The summed E-state index contributed by atoms with van der Waals surface area (Å²) in [6, 6.07) is 30.8. The minimum Gasteiger partial charge on any atom is -0.441 e. The number of unbranched alkanes of at least 4 members (excludes halogenated alkanes) is 11. The van der Waals surface area contributed by atoms with Crippen LogP contribution in [0.1, 0.15) is 117 Å². The van der Waals surface area contributed by atoms with E-state index in [1.165, 1.54) is 64.2 Å². The van der Waals surface area contributed by atoms with E-state index in [9.17, 15) is 9.90 Å². The molecule has 262 valence electrons. The molecule has 1 heterocycles. The number of cyclic esters (lactones) is 1. The number of rotatable bonds is 21. The number of nitrogens with zero attached hydrogens (tertiary/aromatic N) is 1. The Kier molecular flexibility index (Phi) is 15.2. The van der Waals surface area contributed by atoms with Crippen LogP contribution < -0.4 is 10.4 Å². The maximum atomic E-state index is 13.4. The molecule has 0 spiro atoms. The highest BCUT2D eigenvalue weighted by atomic mass is 28.4. The molecule has 1 aliphatic heterocycles. The Labute approximate surface area is 292 Å². The molecule has 0 bridgehead atoms. The molecule has 0 radical (unpaired) electrons. The van der Waals surface area contributed by atoms with Crippen LogP contribution in [-0.4, -0.2) is 49.3 Å². The van der Waals surface area contributed by atoms with E-state index >= 15 is 0 Å². The summed E-state index contributed by atoms with van der Waals surface area (Å²) in [5, 5.41) is 13.9. The normalized spacial score (nSPS) is 17.4. The van der Waals surface area contributed by atoms with Gasteiger partial charge in [-0.1, -0.05) is 196 Å². The van der Waals surface area contributed by atoms with Crippen LogP contribution in [0, 0.1) is 0 Å². The van der Waals surface area contributed by atoms with Gasteiger partial charge in [0.05, 0.1) is 12.6 Å². The first-order chi connectivity index (χ1) is 23.3. The topological polar surface area (TPSA) is 59.0 Å². The summed E-state index contributed by atoms with van der Waals surface area (Å²) >= 11 is 0. The highest BCUT2D eigenvalue weighted by Crippen LogP contribution is 2.37. The number of amides is 1. The molecule has 0 unspecified atom stereocenters. The van der Waals surface area contributed by atoms with Gasteiger partial charge in [0.1, 0.15) is 6.10 Å². The number of aliphatic hydroxyl groups excluding tert-OH is 1. The van der Waals surface area contributed by atoms with Crippen molar-refractivity contribution in [1.29, 1.82) is 0 Å². The van der Waals surface area contributed by atoms with Crippen LogP contribution in [0.5, 0.6) is 0 Å². The van der Waals surface area contributed by atoms with E-state index in [1.807, 2.05) is 47.4 Å². The molecule has 6 heteroatoms. The highest BCUT2D eigenvalue weighted by molar-refractivity contribution is 6.99. The van der Waals surface area contributed by atoms with E-state index in [0.29, 0.717) is 6.54 Å². The predicted octanol–water partition coefficient (Wildman–Crippen LogP) is 9.40. The fourth-order valence-electron chi connectivity index (χ4n) is 7.45. The van der Waals surface area contributed by atoms with Gasteiger partial charge in [-0.3, -0.25) is 4.90 Å². The van der Waals surface area contributed by atoms with Crippen molar-refractivity contribution in [2.75, 3.05) is 6.61 Å². The van der Waals surface area contributed by atoms with Gasteiger partial charge < -0.3 is 14.3 Å². The molecular formula is C42H61NO4Si. The molecule has 5 nitrogen and oxygen atoms in total. The zero-order valence-corrected chi connectivity index (χ0v) is 31.1. The molecule has 3 atom stereocenters. The van der Waals surface area contributed by atoms with E-state index in [2.05, 4.69) is 76.2 Å². The zero-order valence-electron chi connectivity index (χ0n) is 30.1. The van der Waals surface area contributed by atoms with E-state index in [4.69, 9.17) is 9.16 Å². The van der Waals surface area contributed by atoms with Gasteiger partial charge in [-0.25, -0.2) is 4.79 Å². The fraction of sp³-hybridized carbons (Fsp3) is 0.548. The smallest absolute Gasteiger partial charge is 0.410 e. The van der Waals surface area contributed by atoms with E-state index in [-0.39, 0.29) is 23.8 Å². The molecule has 0 aliphatic carbocycles. The Morgan fingerprint density at radius 3 is 1.67 bits per heavy atom. The minimum absolute atomic E-state index is 0.0966. The summed E-state index contributed by atoms with van der Waals surface area (Å²) in [7, 11) is -2.85. The molecular weight excluding hydrogens is 611 g/mol. The number of aliphatic hydroxyl groups is 1. The zero-order chi connectivity index (χ0) is 34.2. The first kappa shape index (κ1) is 37.9. The molecule has 3 aromatic rings. The van der Waals surface area contributed by atoms with Crippen molar-refractivity contribution in [3.05, 3.63) is 96.6 Å². The molecule has 1 N–H and O–H groups in total. The lowest BCUT2D eigenvalue weighted by Crippen LogP contribution is -2.67. The van der Waals surface area contributed by atoms with Crippen molar-refractivity contribution < 1.29 is 19.1 Å². The standard InChI is InChI=1S/C42H61NO4Si/c1-5-6-7-8-9-10-11-12-13-14-15-25-32-38-40(47-41(45)43(38)33-35-26-19-16-20-27-35)39(44)34-46-48(42(2,3)4,36-28-21-17-22-29-36)37-30-23-18-24-31-37/h16-24,26-31,38-40,44H,5-15,25,32-34H2,1-4H3/t38-,39-,40+/m1/s1. The average molecular weight is 672 g/mol. The van der Waals surface area contributed by atoms with Crippen LogP contribution in [0.4, 0.5) is 4.79 Å². The summed E-state index contributed by atoms with van der Waals surface area (Å²) in [6.45, 7) is 9.55. The van der Waals surface area contributed by atoms with Gasteiger partial charge >= 0.3 is 6.09 Å². The van der Waals surface area contributed by atoms with Gasteiger partial charge in [0, 0.05) is 6.54 Å². The summed E-state index contributed by atoms with van der Waals surface area (Å²) in [6.07, 6.45) is 14.3. The molecule has 1 aliphatic rings. The van der Waals surface area contributed by atoms with Crippen molar-refractivity contribution in [3.8, 4) is 0 Å². The summed E-state index contributed by atoms with van der Waals surface area (Å²) in [5.41, 5.74) is 1.06. The lowest BCUT2D eigenvalue weighted by molar-refractivity contribution is -0.0118. The lowest BCUT2D eigenvalue weighted by Gasteiger charge is -2.43. The number of hydrogen-bond acceptors (Lipinski definition) is 4. The SMILES string of the molecule is CCCCCCCCCCCCCC[C@@H]1[C@@H]([C@H](O)CO[Si](c2ccccc2)(c2ccccc2)C(C)(C)C)OC(=O)N1Cc1ccccc1. The number of carbonyl (C=O) groups is 1. The Morgan fingerprint density at radius 1 is 0.729 bits per heavy atom. The van der Waals surface area contributed by atoms with Gasteiger partial charge in [0.25, 0.3) is 8.32 Å². The molecule has 1 fully saturated rings. The first-order valence-corrected chi connectivity index (χ1v) is 20.6. The van der Waals surface area contributed by atoms with Crippen LogP contribution in [0.3, 0.4) is 0 Å². The Hall–Kier alpha value is -2.93. The monoisotopic (exact) mass is 671 g/mol. The van der Waals surface area contributed by atoms with Gasteiger partial charge in [-0.15, -0.1) is 0 Å². The third-order valence-electron chi connectivity index (χ3n) is 10.1. The largest absolute Gasteiger partial charge is 0.441 e. The number of benzene rings is 3. The van der Waals surface area contributed by atoms with Gasteiger partial charge in [-0.05, 0) is 27.4 Å². The molecule has 1 amide bonds. The summed E-state index contributed by atoms with van der Waals surface area (Å²) < 4.78 is 13.1. The van der Waals surface area contributed by atoms with Crippen LogP contribution >= 0.6 is 0 Å². The second-order valence-electron chi connectivity index (χ2n) is 14.7. The Morgan fingerprint density at radius 2 is 1.19 bits per heavy atom. The predicted molar refractivity (Wildman–Crippen MR) is 201 cm³/mol. The summed E-state index contributed by atoms with van der Waals surface area (Å²) in [5.74, 6) is 0. The van der Waals surface area contributed by atoms with Crippen molar-refractivity contribution >= 4 is 24.8 Å². The molecule has 0 saturated carbocycles. The van der Waals surface area contributed by atoms with Crippen molar-refractivity contribution in [3.63, 3.8) is 0 Å². The third kappa shape index (κ3) is 10.3. The molecule has 1 saturated heterocycles. The number of hydrogen-bond donors (Lipinski definition) is 1. The first-order valence-electron chi connectivity index (χ1n) is 18.7. The van der Waals surface area contributed by atoms with Crippen molar-refractivity contribution in [2.45, 2.75) is 141 Å². The van der Waals surface area contributed by atoms with Gasteiger partial charge in [0.15, 0.2) is 6.10 Å². The average Bonchev–Trinajstić information content (AvgIpc) is 3.40. The van der Waals surface area contributed by atoms with Gasteiger partial charge in [0.2, 0.25) is 0 Å². The lowest BCUT2D eigenvalue weighted by atomic mass is 9.97. The molecule has 3 aromatic carbocycles. The number of ether oxygens (including phenoxy) is 1. The maximum Gasteiger partial charge on any atom is 0.410 e. The quantitative estimate of drug-likeness (QED) is 0.0906. The van der Waals surface area contributed by atoms with Gasteiger partial charge in [-0.2, -0.15) is 0 Å². The molecule has 4 rings (SSSR count). The fourth-order valence-corrected chi connectivity index (χ4v) is 12.0. The van der Waals surface area contributed by atoms with E-state index in [0.717, 1.165) is 35.2 Å². The van der Waals surface area contributed by atoms with Crippen molar-refractivity contribution in [2.24, 2.45) is 0 Å². The second kappa shape index (κ2) is 19.3. The third-order valence-corrected chi connectivity index (χ3v) is 15.1. The molecule has 0 aromatic heterocycles. The van der Waals surface area contributed by atoms with E-state index < -0.39 is 20.5 Å². The Bertz CT molecular complexity index is 1270.